The van der Waals surface area contributed by atoms with Gasteiger partial charge in [-0.1, -0.05) is 17.7 Å². The lowest BCUT2D eigenvalue weighted by Gasteiger charge is -2.23. The largest absolute Gasteiger partial charge is 0.485 e. The van der Waals surface area contributed by atoms with Crippen LogP contribution in [0.5, 0.6) is 5.75 Å². The maximum atomic E-state index is 16.3. The number of fused-ring (bicyclic) bond motifs is 3. The number of hydrogen-bond donors (Lipinski definition) is 1. The molecular formula is C28H23ClF4N6O3. The fraction of sp³-hybridized carbons (Fsp3) is 0.250. The van der Waals surface area contributed by atoms with Gasteiger partial charge in [-0.05, 0) is 38.3 Å². The molecule has 1 amide bonds. The van der Waals surface area contributed by atoms with E-state index in [1.165, 1.54) is 33.0 Å². The molecule has 5 heterocycles. The highest BCUT2D eigenvalue weighted by molar-refractivity contribution is 6.31. The van der Waals surface area contributed by atoms with Crippen LogP contribution in [0.15, 0.2) is 41.6 Å². The van der Waals surface area contributed by atoms with Crippen molar-refractivity contribution in [1.82, 2.24) is 29.6 Å². The predicted molar refractivity (Wildman–Crippen MR) is 145 cm³/mol. The average molecular weight is 605 g/mol. The van der Waals surface area contributed by atoms with Gasteiger partial charge in [0.25, 0.3) is 5.56 Å². The van der Waals surface area contributed by atoms with Crippen molar-refractivity contribution in [2.75, 3.05) is 0 Å². The van der Waals surface area contributed by atoms with E-state index in [1.807, 2.05) is 0 Å². The summed E-state index contributed by atoms with van der Waals surface area (Å²) in [6.07, 6.45) is 6.56. The van der Waals surface area contributed by atoms with Gasteiger partial charge in [0.2, 0.25) is 5.91 Å². The smallest absolute Gasteiger partial charge is 0.278 e. The van der Waals surface area contributed by atoms with Crippen LogP contribution in [0.4, 0.5) is 17.6 Å². The Bertz CT molecular complexity index is 1910. The molecule has 1 aliphatic heterocycles. The zero-order valence-electron chi connectivity index (χ0n) is 24.3. The number of carbonyl (C=O) groups is 1. The van der Waals surface area contributed by atoms with Crippen LogP contribution in [0.2, 0.25) is 5.02 Å². The van der Waals surface area contributed by atoms with E-state index in [1.54, 1.807) is 6.08 Å². The number of halogens is 5. The predicted octanol–water partition coefficient (Wildman–Crippen LogP) is 4.93. The van der Waals surface area contributed by atoms with Gasteiger partial charge in [-0.15, -0.1) is 0 Å². The summed E-state index contributed by atoms with van der Waals surface area (Å²) in [6, 6.07) is 1.57. The molecule has 0 aromatic carbocycles. The van der Waals surface area contributed by atoms with Gasteiger partial charge in [-0.3, -0.25) is 19.1 Å². The molecule has 4 aromatic rings. The molecule has 0 spiro atoms. The third kappa shape index (κ3) is 5.39. The van der Waals surface area contributed by atoms with Crippen LogP contribution in [0.25, 0.3) is 17.6 Å². The fourth-order valence-electron chi connectivity index (χ4n) is 4.52. The van der Waals surface area contributed by atoms with E-state index in [0.717, 1.165) is 21.5 Å². The first-order valence-electron chi connectivity index (χ1n) is 13.5. The molecule has 42 heavy (non-hydrogen) atoms. The molecule has 1 aliphatic rings. The van der Waals surface area contributed by atoms with Gasteiger partial charge >= 0.3 is 0 Å². The van der Waals surface area contributed by atoms with E-state index in [2.05, 4.69) is 20.4 Å². The summed E-state index contributed by atoms with van der Waals surface area (Å²) >= 11 is 6.31. The molecule has 0 aliphatic carbocycles. The van der Waals surface area contributed by atoms with Crippen molar-refractivity contribution in [1.29, 1.82) is 0 Å². The summed E-state index contributed by atoms with van der Waals surface area (Å²) in [5.74, 6) is -5.67. The molecule has 0 unspecified atom stereocenters. The van der Waals surface area contributed by atoms with E-state index >= 15 is 4.39 Å². The molecular weight excluding hydrogens is 580 g/mol. The summed E-state index contributed by atoms with van der Waals surface area (Å²) < 4.78 is 82.4. The topological polar surface area (TPSA) is 104 Å². The lowest BCUT2D eigenvalue weighted by atomic mass is 10.0. The fourth-order valence-corrected chi connectivity index (χ4v) is 4.70. The number of aromatic nitrogens is 5. The minimum absolute atomic E-state index is 0.00821. The summed E-state index contributed by atoms with van der Waals surface area (Å²) in [5, 5.41) is 6.01. The highest BCUT2D eigenvalue weighted by atomic mass is 35.5. The molecule has 0 fully saturated rings. The maximum Gasteiger partial charge on any atom is 0.278 e. The number of nitrogens with zero attached hydrogens (tertiary/aromatic N) is 5. The highest BCUT2D eigenvalue weighted by Crippen LogP contribution is 2.31. The van der Waals surface area contributed by atoms with Crippen LogP contribution in [0.3, 0.4) is 0 Å². The van der Waals surface area contributed by atoms with E-state index in [-0.39, 0.29) is 23.5 Å². The van der Waals surface area contributed by atoms with Crippen LogP contribution in [0, 0.1) is 23.3 Å². The van der Waals surface area contributed by atoms with E-state index < -0.39 is 69.1 Å². The number of rotatable bonds is 6. The Morgan fingerprint density at radius 1 is 1.19 bits per heavy atom. The monoisotopic (exact) mass is 604 g/mol. The first kappa shape index (κ1) is 26.4. The molecule has 5 rings (SSSR count). The van der Waals surface area contributed by atoms with Crippen molar-refractivity contribution in [3.8, 4) is 17.3 Å². The molecule has 0 bridgehead atoms. The second-order valence-corrected chi connectivity index (χ2v) is 10.2. The number of allylic oxidation sites excluding steroid dienone is 1. The minimum Gasteiger partial charge on any atom is -0.485 e. The quantitative estimate of drug-likeness (QED) is 0.313. The Balaban J connectivity index is 1.64. The summed E-state index contributed by atoms with van der Waals surface area (Å²) in [7, 11) is 0. The third-order valence-electron chi connectivity index (χ3n) is 6.32. The third-order valence-corrected chi connectivity index (χ3v) is 6.67. The molecule has 14 heteroatoms. The lowest BCUT2D eigenvalue weighted by molar-refractivity contribution is -0.120. The number of nitrogens with one attached hydrogen (secondary N) is 1. The Labute approximate surface area is 244 Å². The van der Waals surface area contributed by atoms with Crippen molar-refractivity contribution in [2.45, 2.75) is 45.7 Å². The number of carbonyl (C=O) groups excluding carboxylic acids is 1. The van der Waals surface area contributed by atoms with Gasteiger partial charge in [0, 0.05) is 25.3 Å². The highest BCUT2D eigenvalue weighted by Gasteiger charge is 2.31. The molecule has 0 radical (unpaired) electrons. The summed E-state index contributed by atoms with van der Waals surface area (Å²) in [4.78, 5) is 32.8. The Morgan fingerprint density at radius 3 is 2.67 bits per heavy atom. The zero-order chi connectivity index (χ0) is 32.1. The Morgan fingerprint density at radius 2 is 1.95 bits per heavy atom. The van der Waals surface area contributed by atoms with Crippen molar-refractivity contribution in [2.24, 2.45) is 0 Å². The molecule has 9 nitrogen and oxygen atoms in total. The summed E-state index contributed by atoms with van der Waals surface area (Å²) in [6.45, 7) is 1.29. The zero-order valence-corrected chi connectivity index (χ0v) is 23.1. The van der Waals surface area contributed by atoms with Gasteiger partial charge in [-0.25, -0.2) is 27.2 Å². The van der Waals surface area contributed by atoms with E-state index in [0.29, 0.717) is 24.2 Å². The second-order valence-electron chi connectivity index (χ2n) is 9.86. The number of aryl methyl sites for hydroxylation is 1. The van der Waals surface area contributed by atoms with Crippen LogP contribution in [-0.4, -0.2) is 30.2 Å². The van der Waals surface area contributed by atoms with Crippen molar-refractivity contribution in [3.63, 3.8) is 0 Å². The molecule has 1 N–H and O–H groups in total. The Kier molecular flexibility index (Phi) is 6.94. The maximum absolute atomic E-state index is 16.3. The molecule has 0 atom stereocenters. The van der Waals surface area contributed by atoms with Gasteiger partial charge in [0.05, 0.1) is 32.1 Å². The van der Waals surface area contributed by atoms with E-state index in [9.17, 15) is 22.8 Å². The van der Waals surface area contributed by atoms with Crippen molar-refractivity contribution >= 4 is 23.6 Å². The normalized spacial score (nSPS) is 14.6. The van der Waals surface area contributed by atoms with Gasteiger partial charge < -0.3 is 10.1 Å². The van der Waals surface area contributed by atoms with Gasteiger partial charge in [-0.2, -0.15) is 5.10 Å². The number of amides is 1. The van der Waals surface area contributed by atoms with E-state index in [4.69, 9.17) is 19.1 Å². The second kappa shape index (κ2) is 11.0. The summed E-state index contributed by atoms with van der Waals surface area (Å²) in [5.41, 5.74) is -3.32. The lowest BCUT2D eigenvalue weighted by Crippen LogP contribution is -2.40. The van der Waals surface area contributed by atoms with Crippen LogP contribution in [0.1, 0.15) is 52.6 Å². The van der Waals surface area contributed by atoms with Crippen LogP contribution in [-0.2, 0) is 23.3 Å². The number of pyridine rings is 3. The first-order chi connectivity index (χ1) is 20.6. The number of hydrogen-bond acceptors (Lipinski definition) is 6. The molecule has 4 aromatic heterocycles. The average Bonchev–Trinajstić information content (AvgIpc) is 3.30. The van der Waals surface area contributed by atoms with Gasteiger partial charge in [0.15, 0.2) is 23.3 Å². The molecule has 0 saturated heterocycles. The number of ether oxygens (including phenoxy) is 1. The molecule has 0 saturated carbocycles. The SMILES string of the molecule is [2H]C([2H])(Oc1cc2n(c(=O)c1Cl)-c1c(cnc(-n3cc(F)c(C(C)(C)NC(C)=O)n3)c1F)CC/C=C\2)c1ncc(F)cc1F. The standard InChI is InChI=1S/C28H23ClF4N6O3/c1-14(40)36-28(2,3)25-19(32)12-38(37-25)26-23(33)24-15(10-35-26)6-4-5-7-17-9-21(22(29)27(41)39(17)24)42-13-20-18(31)8-16(30)11-34-20/h5,7-12H,4,6,13H2,1-3H3,(H,36,40)/b7-5-/i13D2. The molecule has 218 valence electrons. The van der Waals surface area contributed by atoms with Crippen LogP contribution >= 0.6 is 11.6 Å². The minimum atomic E-state index is -2.99. The van der Waals surface area contributed by atoms with Gasteiger partial charge in [0.1, 0.15) is 34.5 Å². The van der Waals surface area contributed by atoms with Crippen molar-refractivity contribution < 1.29 is 29.8 Å². The van der Waals surface area contributed by atoms with Crippen LogP contribution < -0.4 is 15.6 Å². The first-order valence-corrected chi connectivity index (χ1v) is 12.8. The Hall–Kier alpha value is -4.52. The van der Waals surface area contributed by atoms with Crippen molar-refractivity contribution in [3.05, 3.63) is 98.1 Å².